The predicted molar refractivity (Wildman–Crippen MR) is 158 cm³/mol. The number of ether oxygens (including phenoxy) is 2. The van der Waals surface area contributed by atoms with Crippen LogP contribution in [0.2, 0.25) is 0 Å². The summed E-state index contributed by atoms with van der Waals surface area (Å²) in [5.74, 6) is -0.247. The largest absolute Gasteiger partial charge is 0.452 e. The van der Waals surface area contributed by atoms with Crippen molar-refractivity contribution in [1.29, 1.82) is 0 Å². The van der Waals surface area contributed by atoms with Crippen molar-refractivity contribution in [3.63, 3.8) is 0 Å². The van der Waals surface area contributed by atoms with Gasteiger partial charge in [0, 0.05) is 18.9 Å². The van der Waals surface area contributed by atoms with Crippen LogP contribution in [0.5, 0.6) is 11.5 Å². The number of benzene rings is 4. The van der Waals surface area contributed by atoms with E-state index in [9.17, 15) is 18.0 Å². The van der Waals surface area contributed by atoms with Crippen molar-refractivity contribution < 1.29 is 27.4 Å². The second-order valence-electron chi connectivity index (χ2n) is 9.65. The Hall–Kier alpha value is -3.40. The molecule has 0 saturated heterocycles. The van der Waals surface area contributed by atoms with Gasteiger partial charge in [-0.15, -0.1) is 0 Å². The number of alkyl halides is 3. The van der Waals surface area contributed by atoms with Gasteiger partial charge in [0.15, 0.2) is 0 Å². The Morgan fingerprint density at radius 1 is 0.775 bits per heavy atom. The lowest BCUT2D eigenvalue weighted by Crippen LogP contribution is -2.48. The monoisotopic (exact) mass is 583 g/mol. The lowest BCUT2D eigenvalue weighted by atomic mass is 9.77. The Labute approximate surface area is 236 Å². The zero-order valence-corrected chi connectivity index (χ0v) is 24.3. The summed E-state index contributed by atoms with van der Waals surface area (Å²) in [5.41, 5.74) is 2.01. The van der Waals surface area contributed by atoms with Crippen LogP contribution in [-0.2, 0) is 12.0 Å². The molecule has 0 aliphatic rings. The molecule has 0 aliphatic heterocycles. The quantitative estimate of drug-likeness (QED) is 0.196. The standard InChI is InChI=1S/C31H30F3NO3P2/c1-21-14-16-23(17-15-21)28(36)35-30(20-22-8-4-3-5-9-22,24-10-6-12-26(18-24)37-29(2,32)33)25-11-7-13-27(19-25)38-31(34,39)40/h3-19H,20,39-40H2,1-2H3,(H,35,36). The van der Waals surface area contributed by atoms with Crippen molar-refractivity contribution in [1.82, 2.24) is 5.32 Å². The van der Waals surface area contributed by atoms with Crippen LogP contribution in [0.1, 0.15) is 39.5 Å². The molecule has 0 aromatic heterocycles. The fourth-order valence-corrected chi connectivity index (χ4v) is 4.74. The molecule has 0 fully saturated rings. The minimum Gasteiger partial charge on any atom is -0.452 e. The molecular formula is C31H30F3NO3P2. The summed E-state index contributed by atoms with van der Waals surface area (Å²) in [4.78, 5) is 13.8. The molecular weight excluding hydrogens is 553 g/mol. The summed E-state index contributed by atoms with van der Waals surface area (Å²) in [7, 11) is 3.90. The normalized spacial score (nSPS) is 13.3. The Morgan fingerprint density at radius 2 is 1.32 bits per heavy atom. The highest BCUT2D eigenvalue weighted by Gasteiger charge is 2.38. The molecule has 0 heterocycles. The van der Waals surface area contributed by atoms with Crippen LogP contribution < -0.4 is 14.8 Å². The molecule has 4 aromatic rings. The predicted octanol–water partition coefficient (Wildman–Crippen LogP) is 7.61. The number of nitrogens with one attached hydrogen (secondary N) is 1. The van der Waals surface area contributed by atoms with Gasteiger partial charge in [-0.05, 0) is 78.5 Å². The van der Waals surface area contributed by atoms with Gasteiger partial charge in [0.1, 0.15) is 11.5 Å². The van der Waals surface area contributed by atoms with E-state index in [2.05, 4.69) is 5.32 Å². The Bertz CT molecular complexity index is 1390. The van der Waals surface area contributed by atoms with Crippen molar-refractivity contribution in [3.8, 4) is 11.5 Å². The van der Waals surface area contributed by atoms with E-state index in [4.69, 9.17) is 9.47 Å². The molecule has 1 amide bonds. The molecule has 0 saturated carbocycles. The number of carbonyl (C=O) groups is 1. The summed E-state index contributed by atoms with van der Waals surface area (Å²) in [6.07, 6.45) is -3.18. The SMILES string of the molecule is Cc1ccc(C(=O)NC(Cc2ccccc2)(c2cccc(OC(C)(F)F)c2)c2cccc(OC(F)(P)P)c2)cc1. The van der Waals surface area contributed by atoms with E-state index in [0.717, 1.165) is 11.1 Å². The molecule has 3 atom stereocenters. The van der Waals surface area contributed by atoms with Gasteiger partial charge in [0.05, 0.1) is 5.54 Å². The van der Waals surface area contributed by atoms with Crippen molar-refractivity contribution in [2.45, 2.75) is 37.3 Å². The highest BCUT2D eigenvalue weighted by atomic mass is 31.1. The second-order valence-corrected chi connectivity index (χ2v) is 11.9. The first-order chi connectivity index (χ1) is 18.8. The van der Waals surface area contributed by atoms with Crippen LogP contribution in [0.3, 0.4) is 0 Å². The molecule has 3 unspecified atom stereocenters. The van der Waals surface area contributed by atoms with Gasteiger partial charge in [0.25, 0.3) is 11.2 Å². The van der Waals surface area contributed by atoms with Crippen molar-refractivity contribution in [3.05, 3.63) is 131 Å². The summed E-state index contributed by atoms with van der Waals surface area (Å²) in [5, 5.41) is 1.07. The molecule has 4 nitrogen and oxygen atoms in total. The summed E-state index contributed by atoms with van der Waals surface area (Å²) in [6.45, 7) is 2.58. The Balaban J connectivity index is 1.94. The van der Waals surface area contributed by atoms with E-state index >= 15 is 0 Å². The number of amides is 1. The Morgan fingerprint density at radius 3 is 1.85 bits per heavy atom. The maximum absolute atomic E-state index is 14.4. The van der Waals surface area contributed by atoms with Crippen LogP contribution in [0, 0.1) is 6.92 Å². The van der Waals surface area contributed by atoms with E-state index in [1.54, 1.807) is 48.5 Å². The molecule has 4 aromatic carbocycles. The molecule has 0 spiro atoms. The van der Waals surface area contributed by atoms with Gasteiger partial charge >= 0.3 is 6.11 Å². The van der Waals surface area contributed by atoms with Crippen LogP contribution in [-0.4, -0.2) is 17.4 Å². The van der Waals surface area contributed by atoms with Gasteiger partial charge in [-0.1, -0.05) is 72.3 Å². The van der Waals surface area contributed by atoms with Gasteiger partial charge in [-0.3, -0.25) is 4.79 Å². The van der Waals surface area contributed by atoms with Gasteiger partial charge in [-0.25, -0.2) is 0 Å². The minimum absolute atomic E-state index is 0.0721. The second kappa shape index (κ2) is 12.0. The van der Waals surface area contributed by atoms with Crippen LogP contribution in [0.25, 0.3) is 0 Å². The third-order valence-electron chi connectivity index (χ3n) is 6.18. The first-order valence-corrected chi connectivity index (χ1v) is 13.7. The van der Waals surface area contributed by atoms with E-state index in [1.165, 1.54) is 12.1 Å². The topological polar surface area (TPSA) is 47.6 Å². The number of hydrogen-bond donors (Lipinski definition) is 1. The average molecular weight is 584 g/mol. The molecule has 0 aliphatic carbocycles. The fourth-order valence-electron chi connectivity index (χ4n) is 4.47. The van der Waals surface area contributed by atoms with Crippen LogP contribution >= 0.6 is 18.5 Å². The zero-order chi connectivity index (χ0) is 29.0. The fraction of sp³-hybridized carbons (Fsp3) is 0.194. The zero-order valence-electron chi connectivity index (χ0n) is 22.0. The van der Waals surface area contributed by atoms with Gasteiger partial charge in [-0.2, -0.15) is 13.2 Å². The third-order valence-corrected chi connectivity index (χ3v) is 6.41. The number of carbonyl (C=O) groups excluding carboxylic acids is 1. The summed E-state index contributed by atoms with van der Waals surface area (Å²) < 4.78 is 52.4. The van der Waals surface area contributed by atoms with E-state index in [1.807, 2.05) is 67.9 Å². The lowest BCUT2D eigenvalue weighted by Gasteiger charge is -2.37. The van der Waals surface area contributed by atoms with Gasteiger partial charge in [0.2, 0.25) is 0 Å². The van der Waals surface area contributed by atoms with Gasteiger partial charge < -0.3 is 14.8 Å². The summed E-state index contributed by atoms with van der Waals surface area (Å²) >= 11 is 0. The molecule has 0 radical (unpaired) electrons. The minimum atomic E-state index is -3.42. The molecule has 0 bridgehead atoms. The van der Waals surface area contributed by atoms with Crippen molar-refractivity contribution in [2.75, 3.05) is 0 Å². The van der Waals surface area contributed by atoms with Crippen LogP contribution in [0.15, 0.2) is 103 Å². The average Bonchev–Trinajstić information content (AvgIpc) is 2.87. The molecule has 208 valence electrons. The lowest BCUT2D eigenvalue weighted by molar-refractivity contribution is -0.159. The molecule has 4 rings (SSSR count). The Kier molecular flexibility index (Phi) is 8.87. The molecule has 40 heavy (non-hydrogen) atoms. The maximum Gasteiger partial charge on any atom is 0.394 e. The summed E-state index contributed by atoms with van der Waals surface area (Å²) in [6, 6.07) is 29.5. The maximum atomic E-state index is 14.4. The third kappa shape index (κ3) is 7.84. The molecule has 9 heteroatoms. The van der Waals surface area contributed by atoms with Crippen molar-refractivity contribution >= 4 is 24.4 Å². The smallest absolute Gasteiger partial charge is 0.394 e. The number of hydrogen-bond acceptors (Lipinski definition) is 3. The first kappa shape index (κ1) is 29.6. The number of aryl methyl sites for hydroxylation is 1. The van der Waals surface area contributed by atoms with E-state index < -0.39 is 17.0 Å². The highest BCUT2D eigenvalue weighted by molar-refractivity contribution is 7.38. The molecule has 1 N–H and O–H groups in total. The van der Waals surface area contributed by atoms with Crippen LogP contribution in [0.4, 0.5) is 13.2 Å². The number of halogens is 3. The first-order valence-electron chi connectivity index (χ1n) is 12.5. The highest BCUT2D eigenvalue weighted by Crippen LogP contribution is 2.39. The van der Waals surface area contributed by atoms with Crippen molar-refractivity contribution in [2.24, 2.45) is 0 Å². The van der Waals surface area contributed by atoms with E-state index in [-0.39, 0.29) is 23.8 Å². The number of rotatable bonds is 10. The van der Waals surface area contributed by atoms with E-state index in [0.29, 0.717) is 23.6 Å².